The highest BCUT2D eigenvalue weighted by molar-refractivity contribution is 9.10. The van der Waals surface area contributed by atoms with Crippen LogP contribution in [0.1, 0.15) is 61.0 Å². The fourth-order valence-corrected chi connectivity index (χ4v) is 7.25. The summed E-state index contributed by atoms with van der Waals surface area (Å²) in [6.45, 7) is 7.91. The number of nitrogens with one attached hydrogen (secondary N) is 3. The van der Waals surface area contributed by atoms with Crippen LogP contribution in [-0.4, -0.2) is 77.5 Å². The first-order valence-electron chi connectivity index (χ1n) is 17.8. The molecule has 16 nitrogen and oxygen atoms in total. The van der Waals surface area contributed by atoms with Gasteiger partial charge >= 0.3 is 0 Å². The van der Waals surface area contributed by atoms with E-state index < -0.39 is 11.8 Å². The maximum atomic E-state index is 12.8. The number of carbonyl (C=O) groups excluding carboxylic acids is 2. The summed E-state index contributed by atoms with van der Waals surface area (Å²) in [5.74, 6) is -0.833. The summed E-state index contributed by atoms with van der Waals surface area (Å²) >= 11 is 13.0. The summed E-state index contributed by atoms with van der Waals surface area (Å²) in [6, 6.07) is 11.4. The molecule has 2 unspecified atom stereocenters. The number of nitrogens with two attached hydrogens (primary N) is 3. The van der Waals surface area contributed by atoms with Gasteiger partial charge in [0.1, 0.15) is 11.8 Å². The Morgan fingerprint density at radius 1 is 0.727 bits per heavy atom. The van der Waals surface area contributed by atoms with Crippen molar-refractivity contribution in [1.82, 2.24) is 39.5 Å². The van der Waals surface area contributed by atoms with Crippen LogP contribution in [0.15, 0.2) is 57.7 Å². The van der Waals surface area contributed by atoms with Gasteiger partial charge in [-0.25, -0.2) is 9.97 Å². The molecular weight excluding hydrogens is 856 g/mol. The fourth-order valence-electron chi connectivity index (χ4n) is 6.32. The number of hydrogen-bond acceptors (Lipinski definition) is 12. The number of nitrogens with zero attached hydrogens (tertiary/aromatic N) is 8. The van der Waals surface area contributed by atoms with Gasteiger partial charge in [0.25, 0.3) is 0 Å². The predicted molar refractivity (Wildman–Crippen MR) is 221 cm³/mol. The van der Waals surface area contributed by atoms with Crippen molar-refractivity contribution in [2.45, 2.75) is 51.6 Å². The van der Waals surface area contributed by atoms with E-state index in [1.54, 1.807) is 0 Å². The van der Waals surface area contributed by atoms with Crippen LogP contribution >= 0.6 is 43.5 Å². The number of aromatic nitrogens is 8. The highest BCUT2D eigenvalue weighted by Gasteiger charge is 2.37. The normalized spacial score (nSPS) is 15.5. The second kappa shape index (κ2) is 17.9. The second-order valence-corrected chi connectivity index (χ2v) is 14.8. The molecule has 288 valence electrons. The minimum atomic E-state index is -0.528. The summed E-state index contributed by atoms with van der Waals surface area (Å²) in [4.78, 5) is 43.1. The van der Waals surface area contributed by atoms with Crippen molar-refractivity contribution in [3.63, 3.8) is 0 Å². The van der Waals surface area contributed by atoms with Gasteiger partial charge in [0.05, 0.1) is 22.2 Å². The Labute approximate surface area is 338 Å². The average Bonchev–Trinajstić information content (AvgIpc) is 3.92. The van der Waals surface area contributed by atoms with Gasteiger partial charge in [0.15, 0.2) is 11.3 Å². The zero-order chi connectivity index (χ0) is 39.2. The van der Waals surface area contributed by atoms with Crippen molar-refractivity contribution in [3.8, 4) is 0 Å². The van der Waals surface area contributed by atoms with Crippen LogP contribution in [0.4, 0.5) is 17.3 Å². The molecule has 0 fully saturated rings. The molecule has 9 N–H and O–H groups in total. The minimum Gasteiger partial charge on any atom is -0.353 e. The molecule has 4 aromatic heterocycles. The van der Waals surface area contributed by atoms with E-state index in [9.17, 15) is 9.59 Å². The quantitative estimate of drug-likeness (QED) is 0.0987. The molecule has 2 amide bonds. The topological polar surface area (TPSA) is 235 Å². The Kier molecular flexibility index (Phi) is 13.1. The second-order valence-electron chi connectivity index (χ2n) is 12.7. The average molecular weight is 897 g/mol. The van der Waals surface area contributed by atoms with Crippen LogP contribution in [0.2, 0.25) is 5.28 Å². The van der Waals surface area contributed by atoms with Crippen molar-refractivity contribution in [3.05, 3.63) is 85.5 Å². The van der Waals surface area contributed by atoms with E-state index >= 15 is 0 Å². The third kappa shape index (κ3) is 8.79. The van der Waals surface area contributed by atoms with Gasteiger partial charge in [0, 0.05) is 72.0 Å². The van der Waals surface area contributed by atoms with Crippen molar-refractivity contribution in [2.24, 2.45) is 17.2 Å². The molecule has 0 aliphatic carbocycles. The van der Waals surface area contributed by atoms with E-state index in [1.165, 1.54) is 0 Å². The third-order valence-corrected chi connectivity index (χ3v) is 9.78. The monoisotopic (exact) mass is 894 g/mol. The van der Waals surface area contributed by atoms with E-state index in [1.807, 2.05) is 58.2 Å². The Bertz CT molecular complexity index is 2350. The molecule has 2 aromatic carbocycles. The first-order valence-corrected chi connectivity index (χ1v) is 19.8. The SMILES string of the molecule is CCCn1cc2c(C3C(=O)Nc4ccc(Br)cc43)nc(Cl)nc2n1.CCCn1cc2c(C3C(=O)Nc4ccc(Br)cc43)nc(NCCN)nc2n1.NCCN. The molecule has 19 heteroatoms. The van der Waals surface area contributed by atoms with Gasteiger partial charge < -0.3 is 33.2 Å². The van der Waals surface area contributed by atoms with Gasteiger partial charge in [-0.15, -0.1) is 0 Å². The Morgan fingerprint density at radius 3 is 1.69 bits per heavy atom. The van der Waals surface area contributed by atoms with Gasteiger partial charge in [-0.1, -0.05) is 45.7 Å². The molecule has 6 heterocycles. The van der Waals surface area contributed by atoms with Crippen molar-refractivity contribution >= 4 is 94.7 Å². The van der Waals surface area contributed by atoms with Crippen LogP contribution < -0.4 is 33.2 Å². The van der Waals surface area contributed by atoms with E-state index in [0.29, 0.717) is 54.8 Å². The van der Waals surface area contributed by atoms with E-state index in [2.05, 4.69) is 91.8 Å². The largest absolute Gasteiger partial charge is 0.353 e. The number of halogens is 3. The summed E-state index contributed by atoms with van der Waals surface area (Å²) in [6.07, 6.45) is 5.71. The smallest absolute Gasteiger partial charge is 0.238 e. The maximum absolute atomic E-state index is 12.8. The molecule has 0 bridgehead atoms. The number of fused-ring (bicyclic) bond motifs is 4. The van der Waals surface area contributed by atoms with Crippen LogP contribution in [-0.2, 0) is 22.7 Å². The Morgan fingerprint density at radius 2 is 1.22 bits per heavy atom. The molecule has 0 radical (unpaired) electrons. The van der Waals surface area contributed by atoms with Crippen molar-refractivity contribution in [1.29, 1.82) is 0 Å². The summed E-state index contributed by atoms with van der Waals surface area (Å²) in [5.41, 5.74) is 21.1. The lowest BCUT2D eigenvalue weighted by Gasteiger charge is -2.12. The summed E-state index contributed by atoms with van der Waals surface area (Å²) < 4.78 is 5.48. The standard InChI is InChI=1S/C18H20BrN7O.C16H13BrClN5O.C2H8N2/c1-2-7-26-9-12-15(23-18(21-6-5-20)24-16(12)25-26)14-11-8-10(19)3-4-13(11)22-17(14)27;1-2-5-23-7-10-13(20-16(18)21-14(10)22-23)12-9-6-8(17)3-4-11(9)19-15(12)24;3-1-2-4/h3-4,8-9,14H,2,5-7,20H2,1H3,(H,22,27)(H,21,24,25);3-4,6-7,12H,2,5H2,1H3,(H,19,24);1-4H2. The molecule has 6 aromatic rings. The maximum Gasteiger partial charge on any atom is 0.238 e. The lowest BCUT2D eigenvalue weighted by molar-refractivity contribution is -0.117. The van der Waals surface area contributed by atoms with E-state index in [-0.39, 0.29) is 17.1 Å². The third-order valence-electron chi connectivity index (χ3n) is 8.62. The van der Waals surface area contributed by atoms with Gasteiger partial charge in [-0.3, -0.25) is 19.0 Å². The van der Waals surface area contributed by atoms with Crippen molar-refractivity contribution < 1.29 is 9.59 Å². The summed E-state index contributed by atoms with van der Waals surface area (Å²) in [7, 11) is 0. The fraction of sp³-hybridized carbons (Fsp3) is 0.333. The van der Waals surface area contributed by atoms with Crippen LogP contribution in [0, 0.1) is 0 Å². The molecule has 8 rings (SSSR count). The Hall–Kier alpha value is -4.59. The van der Waals surface area contributed by atoms with Crippen molar-refractivity contribution in [2.75, 3.05) is 42.1 Å². The molecule has 0 saturated heterocycles. The number of anilines is 3. The van der Waals surface area contributed by atoms with Gasteiger partial charge in [-0.05, 0) is 72.0 Å². The zero-order valence-corrected chi connectivity index (χ0v) is 34.1. The molecule has 2 atom stereocenters. The number of carbonyl (C=O) groups is 2. The Balaban J connectivity index is 0.000000172. The molecule has 0 saturated carbocycles. The first-order chi connectivity index (χ1) is 26.6. The van der Waals surface area contributed by atoms with Gasteiger partial charge in [-0.2, -0.15) is 20.2 Å². The number of amides is 2. The highest BCUT2D eigenvalue weighted by atomic mass is 79.9. The number of aryl methyl sites for hydroxylation is 2. The lowest BCUT2D eigenvalue weighted by Crippen LogP contribution is -2.18. The minimum absolute atomic E-state index is 0.0931. The molecule has 2 aliphatic heterocycles. The first kappa shape index (κ1) is 40.1. The van der Waals surface area contributed by atoms with Gasteiger partial charge in [0.2, 0.25) is 23.0 Å². The van der Waals surface area contributed by atoms with Crippen LogP contribution in [0.5, 0.6) is 0 Å². The predicted octanol–water partition coefficient (Wildman–Crippen LogP) is 5.09. The highest BCUT2D eigenvalue weighted by Crippen LogP contribution is 2.41. The number of rotatable bonds is 10. The van der Waals surface area contributed by atoms with Crippen LogP contribution in [0.25, 0.3) is 22.1 Å². The van der Waals surface area contributed by atoms with E-state index in [4.69, 9.17) is 28.8 Å². The molecule has 55 heavy (non-hydrogen) atoms. The molecule has 0 spiro atoms. The zero-order valence-electron chi connectivity index (χ0n) is 30.2. The molecule has 2 aliphatic rings. The lowest BCUT2D eigenvalue weighted by atomic mass is 9.95. The molecular formula is C36H41Br2ClN14O2. The van der Waals surface area contributed by atoms with E-state index in [0.717, 1.165) is 68.2 Å². The number of benzene rings is 2. The summed E-state index contributed by atoms with van der Waals surface area (Å²) in [5, 5.41) is 19.6. The van der Waals surface area contributed by atoms with Crippen LogP contribution in [0.3, 0.4) is 0 Å². The number of hydrogen-bond donors (Lipinski definition) is 6.